The van der Waals surface area contributed by atoms with E-state index in [1.165, 1.54) is 0 Å². The molecular formula is C10H14O. The van der Waals surface area contributed by atoms with E-state index in [4.69, 9.17) is 0 Å². The minimum absolute atomic E-state index is 0.745. The topological polar surface area (TPSA) is 17.1 Å². The zero-order chi connectivity index (χ0) is 8.53. The zero-order valence-corrected chi connectivity index (χ0v) is 6.92. The first-order chi connectivity index (χ1) is 5.35. The van der Waals surface area contributed by atoms with Gasteiger partial charge in [-0.25, -0.2) is 0 Å². The summed E-state index contributed by atoms with van der Waals surface area (Å²) in [4.78, 5) is 10.3. The van der Waals surface area contributed by atoms with Crippen molar-refractivity contribution in [2.75, 3.05) is 0 Å². The predicted molar refractivity (Wildman–Crippen MR) is 48.4 cm³/mol. The fraction of sp³-hybridized carbons (Fsp3) is 0.300. The van der Waals surface area contributed by atoms with Gasteiger partial charge in [-0.3, -0.25) is 4.79 Å². The molecule has 0 aromatic rings. The molecule has 0 aliphatic carbocycles. The number of unbranched alkanes of at least 4 members (excludes halogenated alkanes) is 1. The van der Waals surface area contributed by atoms with E-state index in [1.54, 1.807) is 6.08 Å². The molecule has 0 unspecified atom stereocenters. The van der Waals surface area contributed by atoms with Crippen LogP contribution >= 0.6 is 0 Å². The van der Waals surface area contributed by atoms with E-state index in [9.17, 15) is 4.79 Å². The van der Waals surface area contributed by atoms with Gasteiger partial charge in [0.1, 0.15) is 6.29 Å². The molecule has 1 heteroatoms. The molecule has 11 heavy (non-hydrogen) atoms. The third-order valence-electron chi connectivity index (χ3n) is 1.25. The molecule has 0 saturated heterocycles. The van der Waals surface area contributed by atoms with Crippen molar-refractivity contribution in [2.45, 2.75) is 19.8 Å². The van der Waals surface area contributed by atoms with Gasteiger partial charge in [0.05, 0.1) is 0 Å². The monoisotopic (exact) mass is 150 g/mol. The van der Waals surface area contributed by atoms with E-state index in [0.29, 0.717) is 0 Å². The summed E-state index contributed by atoms with van der Waals surface area (Å²) in [6, 6.07) is 0. The van der Waals surface area contributed by atoms with E-state index in [-0.39, 0.29) is 0 Å². The molecule has 0 atom stereocenters. The van der Waals surface area contributed by atoms with Crippen LogP contribution in [0.25, 0.3) is 0 Å². The average Bonchev–Trinajstić information content (AvgIpc) is 2.03. The second kappa shape index (κ2) is 7.00. The van der Waals surface area contributed by atoms with Gasteiger partial charge in [-0.1, -0.05) is 24.3 Å². The maximum Gasteiger partial charge on any atom is 0.149 e. The van der Waals surface area contributed by atoms with Gasteiger partial charge >= 0.3 is 0 Å². The van der Waals surface area contributed by atoms with E-state index in [0.717, 1.165) is 24.7 Å². The van der Waals surface area contributed by atoms with E-state index in [2.05, 4.69) is 6.58 Å². The lowest BCUT2D eigenvalue weighted by molar-refractivity contribution is -0.104. The Morgan fingerprint density at radius 2 is 2.18 bits per heavy atom. The SMILES string of the molecule is C=CCCC=C(C=O)C=CC. The van der Waals surface area contributed by atoms with Gasteiger partial charge in [-0.2, -0.15) is 0 Å². The Labute approximate surface area is 68.1 Å². The highest BCUT2D eigenvalue weighted by atomic mass is 16.1. The van der Waals surface area contributed by atoms with Gasteiger partial charge in [0.15, 0.2) is 0 Å². The lowest BCUT2D eigenvalue weighted by atomic mass is 10.2. The number of aldehydes is 1. The molecule has 0 rings (SSSR count). The van der Waals surface area contributed by atoms with Crippen LogP contribution < -0.4 is 0 Å². The number of carbonyl (C=O) groups excluding carboxylic acids is 1. The van der Waals surface area contributed by atoms with Crippen LogP contribution in [0.5, 0.6) is 0 Å². The first kappa shape index (κ1) is 9.89. The Hall–Kier alpha value is -1.11. The second-order valence-corrected chi connectivity index (χ2v) is 2.19. The third kappa shape index (κ3) is 5.34. The number of hydrogen-bond donors (Lipinski definition) is 0. The molecule has 0 fully saturated rings. The molecule has 0 spiro atoms. The van der Waals surface area contributed by atoms with Crippen molar-refractivity contribution < 1.29 is 4.79 Å². The van der Waals surface area contributed by atoms with E-state index >= 15 is 0 Å². The van der Waals surface area contributed by atoms with Crippen molar-refractivity contribution in [1.29, 1.82) is 0 Å². The standard InChI is InChI=1S/C10H14O/c1-3-5-6-8-10(9-11)7-4-2/h3-4,7-9H,1,5-6H2,2H3. The van der Waals surface area contributed by atoms with Gasteiger partial charge in [0, 0.05) is 5.57 Å². The van der Waals surface area contributed by atoms with Crippen LogP contribution in [0.4, 0.5) is 0 Å². The summed E-state index contributed by atoms with van der Waals surface area (Å²) in [5.74, 6) is 0. The Morgan fingerprint density at radius 3 is 2.64 bits per heavy atom. The predicted octanol–water partition coefficient (Wildman–Crippen LogP) is 2.65. The molecule has 0 aromatic heterocycles. The van der Waals surface area contributed by atoms with Gasteiger partial charge in [0.25, 0.3) is 0 Å². The Kier molecular flexibility index (Phi) is 6.30. The van der Waals surface area contributed by atoms with Crippen LogP contribution in [-0.4, -0.2) is 6.29 Å². The fourth-order valence-electron chi connectivity index (χ4n) is 0.716. The van der Waals surface area contributed by atoms with Crippen LogP contribution in [0.2, 0.25) is 0 Å². The number of rotatable bonds is 5. The summed E-state index contributed by atoms with van der Waals surface area (Å²) < 4.78 is 0. The summed E-state index contributed by atoms with van der Waals surface area (Å²) in [6.07, 6.45) is 10.1. The van der Waals surface area contributed by atoms with Crippen molar-refractivity contribution in [3.63, 3.8) is 0 Å². The first-order valence-electron chi connectivity index (χ1n) is 3.74. The maximum atomic E-state index is 10.3. The van der Waals surface area contributed by atoms with Crippen LogP contribution in [0, 0.1) is 0 Å². The molecule has 60 valence electrons. The molecule has 0 heterocycles. The van der Waals surface area contributed by atoms with Crippen molar-refractivity contribution in [3.05, 3.63) is 36.5 Å². The van der Waals surface area contributed by atoms with Crippen molar-refractivity contribution in [2.24, 2.45) is 0 Å². The molecule has 0 aromatic carbocycles. The summed E-state index contributed by atoms with van der Waals surface area (Å²) in [7, 11) is 0. The van der Waals surface area contributed by atoms with Gasteiger partial charge in [-0.15, -0.1) is 6.58 Å². The van der Waals surface area contributed by atoms with Crippen molar-refractivity contribution in [3.8, 4) is 0 Å². The summed E-state index contributed by atoms with van der Waals surface area (Å²) >= 11 is 0. The van der Waals surface area contributed by atoms with Gasteiger partial charge in [-0.05, 0) is 19.8 Å². The van der Waals surface area contributed by atoms with Crippen LogP contribution in [0.1, 0.15) is 19.8 Å². The Bertz CT molecular complexity index is 175. The lowest BCUT2D eigenvalue weighted by Crippen LogP contribution is -1.78. The largest absolute Gasteiger partial charge is 0.298 e. The van der Waals surface area contributed by atoms with Crippen molar-refractivity contribution in [1.82, 2.24) is 0 Å². The molecule has 0 amide bonds. The minimum Gasteiger partial charge on any atom is -0.298 e. The Balaban J connectivity index is 3.89. The Morgan fingerprint density at radius 1 is 1.45 bits per heavy atom. The molecule has 0 aliphatic heterocycles. The van der Waals surface area contributed by atoms with Crippen LogP contribution in [-0.2, 0) is 4.79 Å². The number of allylic oxidation sites excluding steroid dienone is 5. The third-order valence-corrected chi connectivity index (χ3v) is 1.25. The molecule has 0 bridgehead atoms. The molecule has 0 aliphatic rings. The second-order valence-electron chi connectivity index (χ2n) is 2.19. The minimum atomic E-state index is 0.745. The lowest BCUT2D eigenvalue weighted by Gasteiger charge is -1.88. The highest BCUT2D eigenvalue weighted by molar-refractivity contribution is 5.77. The highest BCUT2D eigenvalue weighted by Crippen LogP contribution is 1.98. The highest BCUT2D eigenvalue weighted by Gasteiger charge is 1.85. The van der Waals surface area contributed by atoms with E-state index in [1.807, 2.05) is 25.2 Å². The first-order valence-corrected chi connectivity index (χ1v) is 3.74. The zero-order valence-electron chi connectivity index (χ0n) is 6.92. The summed E-state index contributed by atoms with van der Waals surface area (Å²) in [5, 5.41) is 0. The summed E-state index contributed by atoms with van der Waals surface area (Å²) in [5.41, 5.74) is 0.745. The molecular weight excluding hydrogens is 136 g/mol. The van der Waals surface area contributed by atoms with Gasteiger partial charge in [0.2, 0.25) is 0 Å². The average molecular weight is 150 g/mol. The van der Waals surface area contributed by atoms with Crippen LogP contribution in [0.3, 0.4) is 0 Å². The van der Waals surface area contributed by atoms with Crippen LogP contribution in [0.15, 0.2) is 36.5 Å². The molecule has 0 saturated carbocycles. The van der Waals surface area contributed by atoms with Gasteiger partial charge < -0.3 is 0 Å². The molecule has 0 radical (unpaired) electrons. The quantitative estimate of drug-likeness (QED) is 0.193. The maximum absolute atomic E-state index is 10.3. The number of hydrogen-bond acceptors (Lipinski definition) is 1. The number of carbonyl (C=O) groups is 1. The summed E-state index contributed by atoms with van der Waals surface area (Å²) in [6.45, 7) is 5.49. The normalized spacial score (nSPS) is 11.9. The fourth-order valence-corrected chi connectivity index (χ4v) is 0.716. The smallest absolute Gasteiger partial charge is 0.149 e. The van der Waals surface area contributed by atoms with Crippen molar-refractivity contribution >= 4 is 6.29 Å². The molecule has 0 N–H and O–H groups in total. The molecule has 1 nitrogen and oxygen atoms in total. The van der Waals surface area contributed by atoms with E-state index < -0.39 is 0 Å².